The Balaban J connectivity index is 2.11. The predicted molar refractivity (Wildman–Crippen MR) is 113 cm³/mol. The lowest BCUT2D eigenvalue weighted by atomic mass is 9.72. The Hall–Kier alpha value is -1.36. The van der Waals surface area contributed by atoms with Crippen molar-refractivity contribution in [3.63, 3.8) is 0 Å². The van der Waals surface area contributed by atoms with Crippen molar-refractivity contribution in [2.45, 2.75) is 85.5 Å². The lowest BCUT2D eigenvalue weighted by molar-refractivity contribution is -0.116. The maximum Gasteiger partial charge on any atom is 0.341 e. The first-order chi connectivity index (χ1) is 12.8. The molecule has 2 rings (SSSR count). The Kier molecular flexibility index (Phi) is 7.90. The molecular formula is C22H35NO3S. The Morgan fingerprint density at radius 3 is 2.52 bits per heavy atom. The van der Waals surface area contributed by atoms with Gasteiger partial charge in [-0.15, -0.1) is 11.3 Å². The summed E-state index contributed by atoms with van der Waals surface area (Å²) in [6.45, 7) is 9.01. The van der Waals surface area contributed by atoms with Crippen LogP contribution >= 0.6 is 11.3 Å². The van der Waals surface area contributed by atoms with Crippen LogP contribution in [0, 0.1) is 11.3 Å². The van der Waals surface area contributed by atoms with Crippen LogP contribution in [0.25, 0.3) is 0 Å². The van der Waals surface area contributed by atoms with E-state index in [1.165, 1.54) is 31.2 Å². The Bertz CT molecular complexity index is 657. The first-order valence-corrected chi connectivity index (χ1v) is 11.1. The van der Waals surface area contributed by atoms with Crippen LogP contribution in [-0.4, -0.2) is 19.0 Å². The van der Waals surface area contributed by atoms with Crippen molar-refractivity contribution in [1.29, 1.82) is 0 Å². The fraction of sp³-hybridized carbons (Fsp3) is 0.727. The van der Waals surface area contributed by atoms with Crippen molar-refractivity contribution in [3.8, 4) is 0 Å². The molecule has 0 fully saturated rings. The molecule has 4 nitrogen and oxygen atoms in total. The number of nitrogens with one attached hydrogen (secondary N) is 1. The minimum absolute atomic E-state index is 0.00243. The highest BCUT2D eigenvalue weighted by Gasteiger charge is 2.34. The summed E-state index contributed by atoms with van der Waals surface area (Å²) >= 11 is 1.57. The summed E-state index contributed by atoms with van der Waals surface area (Å²) in [6.07, 6.45) is 9.02. The van der Waals surface area contributed by atoms with Gasteiger partial charge in [-0.1, -0.05) is 53.4 Å². The van der Waals surface area contributed by atoms with Crippen LogP contribution in [0.1, 0.15) is 93.4 Å². The van der Waals surface area contributed by atoms with Crippen LogP contribution < -0.4 is 5.32 Å². The molecule has 0 aromatic carbocycles. The van der Waals surface area contributed by atoms with Gasteiger partial charge in [0.1, 0.15) is 5.00 Å². The molecule has 1 aliphatic carbocycles. The van der Waals surface area contributed by atoms with E-state index in [4.69, 9.17) is 4.74 Å². The number of methoxy groups -OCH3 is 1. The van der Waals surface area contributed by atoms with Crippen LogP contribution in [0.2, 0.25) is 0 Å². The number of unbranched alkanes of at least 4 members (excludes halogenated alkanes) is 4. The minimum atomic E-state index is -0.333. The standard InChI is InChI=1S/C22H35NO3S/c1-6-7-8-9-10-11-18(24)23-20-19(21(25)26-5)16-13-12-15(22(2,3)4)14-17(16)27-20/h15H,6-14H2,1-5H3,(H,23,24). The van der Waals surface area contributed by atoms with Gasteiger partial charge in [-0.2, -0.15) is 0 Å². The van der Waals surface area contributed by atoms with E-state index in [9.17, 15) is 9.59 Å². The largest absolute Gasteiger partial charge is 0.465 e. The third-order valence-electron chi connectivity index (χ3n) is 5.64. The molecule has 0 radical (unpaired) electrons. The lowest BCUT2D eigenvalue weighted by Crippen LogP contribution is -2.26. The lowest BCUT2D eigenvalue weighted by Gasteiger charge is -2.33. The van der Waals surface area contributed by atoms with Gasteiger partial charge >= 0.3 is 5.97 Å². The van der Waals surface area contributed by atoms with Crippen molar-refractivity contribution in [2.75, 3.05) is 12.4 Å². The number of anilines is 1. The van der Waals surface area contributed by atoms with Crippen LogP contribution in [0.5, 0.6) is 0 Å². The number of thiophene rings is 1. The van der Waals surface area contributed by atoms with E-state index in [1.807, 2.05) is 0 Å². The normalized spacial score (nSPS) is 16.7. The van der Waals surface area contributed by atoms with E-state index < -0.39 is 0 Å². The number of ether oxygens (including phenoxy) is 1. The number of esters is 1. The van der Waals surface area contributed by atoms with E-state index in [-0.39, 0.29) is 17.3 Å². The fourth-order valence-electron chi connectivity index (χ4n) is 3.81. The molecule has 1 unspecified atom stereocenters. The van der Waals surface area contributed by atoms with Gasteiger partial charge in [0, 0.05) is 11.3 Å². The Morgan fingerprint density at radius 1 is 1.19 bits per heavy atom. The molecule has 27 heavy (non-hydrogen) atoms. The van der Waals surface area contributed by atoms with Crippen LogP contribution in [0.3, 0.4) is 0 Å². The average molecular weight is 394 g/mol. The molecule has 1 aromatic rings. The van der Waals surface area contributed by atoms with Crippen molar-refractivity contribution in [1.82, 2.24) is 0 Å². The first-order valence-electron chi connectivity index (χ1n) is 10.3. The second kappa shape index (κ2) is 9.72. The van der Waals surface area contributed by atoms with Crippen LogP contribution in [-0.2, 0) is 22.4 Å². The summed E-state index contributed by atoms with van der Waals surface area (Å²) in [5.41, 5.74) is 1.92. The smallest absolute Gasteiger partial charge is 0.341 e. The number of rotatable bonds is 8. The summed E-state index contributed by atoms with van der Waals surface area (Å²) in [5, 5.41) is 3.69. The quantitative estimate of drug-likeness (QED) is 0.436. The number of fused-ring (bicyclic) bond motifs is 1. The predicted octanol–water partition coefficient (Wildman–Crippen LogP) is 5.98. The van der Waals surface area contributed by atoms with Gasteiger partial charge in [0.05, 0.1) is 12.7 Å². The van der Waals surface area contributed by atoms with Crippen molar-refractivity contribution in [2.24, 2.45) is 11.3 Å². The Morgan fingerprint density at radius 2 is 1.89 bits per heavy atom. The van der Waals surface area contributed by atoms with Crippen LogP contribution in [0.4, 0.5) is 5.00 Å². The second-order valence-corrected chi connectivity index (χ2v) is 9.82. The molecule has 1 heterocycles. The highest BCUT2D eigenvalue weighted by atomic mass is 32.1. The van der Waals surface area contributed by atoms with Gasteiger partial charge in [-0.3, -0.25) is 4.79 Å². The molecule has 5 heteroatoms. The third-order valence-corrected chi connectivity index (χ3v) is 6.81. The molecule has 0 bridgehead atoms. The number of carbonyl (C=O) groups excluding carboxylic acids is 2. The van der Waals surface area contributed by atoms with Gasteiger partial charge in [0.25, 0.3) is 0 Å². The van der Waals surface area contributed by atoms with E-state index >= 15 is 0 Å². The zero-order valence-corrected chi connectivity index (χ0v) is 18.4. The Labute approximate surface area is 168 Å². The second-order valence-electron chi connectivity index (χ2n) is 8.72. The monoisotopic (exact) mass is 393 g/mol. The number of amides is 1. The van der Waals surface area contributed by atoms with Crippen molar-refractivity contribution < 1.29 is 14.3 Å². The van der Waals surface area contributed by atoms with Gasteiger partial charge in [0.15, 0.2) is 0 Å². The zero-order valence-electron chi connectivity index (χ0n) is 17.6. The first kappa shape index (κ1) is 21.9. The van der Waals surface area contributed by atoms with Crippen molar-refractivity contribution in [3.05, 3.63) is 16.0 Å². The molecule has 1 aromatic heterocycles. The molecule has 152 valence electrons. The minimum Gasteiger partial charge on any atom is -0.465 e. The van der Waals surface area contributed by atoms with E-state index in [1.54, 1.807) is 11.3 Å². The molecule has 1 aliphatic rings. The molecular weight excluding hydrogens is 358 g/mol. The van der Waals surface area contributed by atoms with Gasteiger partial charge in [-0.25, -0.2) is 4.79 Å². The zero-order chi connectivity index (χ0) is 20.0. The number of hydrogen-bond donors (Lipinski definition) is 1. The number of hydrogen-bond acceptors (Lipinski definition) is 4. The SMILES string of the molecule is CCCCCCCC(=O)Nc1sc2c(c1C(=O)OC)CCC(C(C)(C)C)C2. The maximum absolute atomic E-state index is 12.4. The topological polar surface area (TPSA) is 55.4 Å². The molecule has 1 atom stereocenters. The van der Waals surface area contributed by atoms with E-state index in [0.717, 1.165) is 37.7 Å². The summed E-state index contributed by atoms with van der Waals surface area (Å²) in [6, 6.07) is 0. The molecule has 1 amide bonds. The van der Waals surface area contributed by atoms with Gasteiger partial charge in [0.2, 0.25) is 5.91 Å². The molecule has 0 saturated carbocycles. The molecule has 0 saturated heterocycles. The summed E-state index contributed by atoms with van der Waals surface area (Å²) in [4.78, 5) is 26.0. The fourth-order valence-corrected chi connectivity index (χ4v) is 5.14. The summed E-state index contributed by atoms with van der Waals surface area (Å²) in [5.74, 6) is 0.263. The highest BCUT2D eigenvalue weighted by Crippen LogP contribution is 2.44. The maximum atomic E-state index is 12.4. The van der Waals surface area contributed by atoms with E-state index in [2.05, 4.69) is 33.0 Å². The van der Waals surface area contributed by atoms with Crippen molar-refractivity contribution >= 4 is 28.2 Å². The molecule has 1 N–H and O–H groups in total. The van der Waals surface area contributed by atoms with Gasteiger partial charge < -0.3 is 10.1 Å². The average Bonchev–Trinajstić information content (AvgIpc) is 2.97. The third kappa shape index (κ3) is 5.81. The molecule has 0 spiro atoms. The number of carbonyl (C=O) groups is 2. The van der Waals surface area contributed by atoms with E-state index in [0.29, 0.717) is 22.9 Å². The van der Waals surface area contributed by atoms with Crippen LogP contribution in [0.15, 0.2) is 0 Å². The highest BCUT2D eigenvalue weighted by molar-refractivity contribution is 7.17. The summed E-state index contributed by atoms with van der Waals surface area (Å²) in [7, 11) is 1.41. The summed E-state index contributed by atoms with van der Waals surface area (Å²) < 4.78 is 5.02. The van der Waals surface area contributed by atoms with Gasteiger partial charge in [-0.05, 0) is 42.6 Å². The molecule has 0 aliphatic heterocycles.